The third-order valence-electron chi connectivity index (χ3n) is 13.2. The van der Waals surface area contributed by atoms with E-state index in [0.29, 0.717) is 47.4 Å². The summed E-state index contributed by atoms with van der Waals surface area (Å²) < 4.78 is 0. The zero-order chi connectivity index (χ0) is 52.5. The smallest absolute Gasteiger partial charge is 0.246 e. The highest BCUT2D eigenvalue weighted by atomic mass is 35.5. The largest absolute Gasteiger partial charge is 0.370 e. The molecule has 0 radical (unpaired) electrons. The van der Waals surface area contributed by atoms with E-state index in [-0.39, 0.29) is 76.8 Å². The first-order valence-corrected chi connectivity index (χ1v) is 25.2. The first-order valence-electron chi connectivity index (χ1n) is 24.9. The number of hydrogen-bond donors (Lipinski definition) is 11. The first kappa shape index (κ1) is 54.8. The Bertz CT molecular complexity index is 2660. The van der Waals surface area contributed by atoms with Crippen molar-refractivity contribution in [3.63, 3.8) is 0 Å². The number of nitrogens with zero attached hydrogens (tertiary/aromatic N) is 1. The SMILES string of the molecule is CCCCC(=O)N[C@H]1CC(=O)NCCCC[C@@H](C(N)=O)NC(=O)[C@H](Cc2c[nH]c3ccccc23)NC(=O)[C@H](CCCN=C(N)N)NC(=O)[C@@H](Cc2ccccc2)NC(=O)C2(CCc3c(Cl)cccc3C2)NC1=O. The molecule has 73 heavy (non-hydrogen) atoms. The van der Waals surface area contributed by atoms with Gasteiger partial charge in [-0.1, -0.05) is 85.6 Å². The summed E-state index contributed by atoms with van der Waals surface area (Å²) in [5, 5.41) is 21.0. The van der Waals surface area contributed by atoms with Gasteiger partial charge in [0.15, 0.2) is 5.96 Å². The molecule has 1 aliphatic carbocycles. The van der Waals surface area contributed by atoms with Crippen LogP contribution >= 0.6 is 11.6 Å². The van der Waals surface area contributed by atoms with Gasteiger partial charge in [0.1, 0.15) is 35.7 Å². The van der Waals surface area contributed by atoms with Gasteiger partial charge in [-0.15, -0.1) is 0 Å². The number of benzene rings is 3. The molecule has 3 aromatic carbocycles. The number of aromatic amines is 1. The van der Waals surface area contributed by atoms with Crippen LogP contribution in [0, 0.1) is 0 Å². The number of aromatic nitrogens is 1. The van der Waals surface area contributed by atoms with Crippen LogP contribution in [0.4, 0.5) is 0 Å². The van der Waals surface area contributed by atoms with E-state index in [0.717, 1.165) is 16.5 Å². The number of unbranched alkanes of at least 4 members (excludes halogenated alkanes) is 1. The number of rotatable bonds is 13. The van der Waals surface area contributed by atoms with Crippen LogP contribution in [-0.4, -0.2) is 107 Å². The number of hydrogen-bond acceptors (Lipinski definition) is 9. The summed E-state index contributed by atoms with van der Waals surface area (Å²) >= 11 is 6.64. The zero-order valence-corrected chi connectivity index (χ0v) is 41.8. The van der Waals surface area contributed by atoms with Gasteiger partial charge < -0.3 is 59.4 Å². The highest BCUT2D eigenvalue weighted by molar-refractivity contribution is 6.31. The first-order chi connectivity index (χ1) is 35.0. The van der Waals surface area contributed by atoms with E-state index in [1.807, 2.05) is 31.2 Å². The minimum Gasteiger partial charge on any atom is -0.370 e. The van der Waals surface area contributed by atoms with Crippen molar-refractivity contribution in [1.29, 1.82) is 0 Å². The van der Waals surface area contributed by atoms with E-state index in [1.165, 1.54) is 0 Å². The summed E-state index contributed by atoms with van der Waals surface area (Å²) in [6, 6.07) is 14.9. The van der Waals surface area contributed by atoms with Gasteiger partial charge in [-0.25, -0.2) is 0 Å². The van der Waals surface area contributed by atoms with Crippen molar-refractivity contribution >= 4 is 75.7 Å². The summed E-state index contributed by atoms with van der Waals surface area (Å²) in [4.78, 5) is 121. The van der Waals surface area contributed by atoms with E-state index >= 15 is 4.79 Å². The topological polar surface area (TPSA) is 327 Å². The summed E-state index contributed by atoms with van der Waals surface area (Å²) in [5.74, 6) is -5.85. The third-order valence-corrected chi connectivity index (χ3v) is 13.6. The van der Waals surface area contributed by atoms with E-state index in [9.17, 15) is 33.6 Å². The number of fused-ring (bicyclic) bond motifs is 2. The van der Waals surface area contributed by atoms with E-state index in [4.69, 9.17) is 28.8 Å². The van der Waals surface area contributed by atoms with Crippen LogP contribution in [0.1, 0.15) is 93.4 Å². The molecule has 1 fully saturated rings. The van der Waals surface area contributed by atoms with Gasteiger partial charge in [-0.2, -0.15) is 0 Å². The number of aliphatic imine (C=N–C) groups is 1. The van der Waals surface area contributed by atoms with Crippen molar-refractivity contribution in [1.82, 2.24) is 42.2 Å². The van der Waals surface area contributed by atoms with Crippen molar-refractivity contribution in [2.45, 2.75) is 133 Å². The van der Waals surface area contributed by atoms with Crippen LogP contribution < -0.4 is 54.4 Å². The second-order valence-corrected chi connectivity index (χ2v) is 19.1. The molecule has 1 aromatic heterocycles. The number of carbonyl (C=O) groups is 8. The lowest BCUT2D eigenvalue weighted by atomic mass is 9.76. The Morgan fingerprint density at radius 3 is 2.26 bits per heavy atom. The van der Waals surface area contributed by atoms with Gasteiger partial charge in [0.25, 0.3) is 0 Å². The maximum absolute atomic E-state index is 15.2. The summed E-state index contributed by atoms with van der Waals surface area (Å²) in [7, 11) is 0. The molecule has 0 saturated carbocycles. The molecule has 14 N–H and O–H groups in total. The molecule has 21 heteroatoms. The molecule has 0 bridgehead atoms. The van der Waals surface area contributed by atoms with E-state index in [1.54, 1.807) is 54.7 Å². The number of guanidine groups is 1. The average Bonchev–Trinajstić information content (AvgIpc) is 3.77. The normalized spacial score (nSPS) is 22.8. The standard InChI is InChI=1S/C52H67ClN12O8/c1-2-3-21-43(66)60-42-28-44(67)57-24-10-9-19-38(45(54)68)61-48(71)41(27-33-30-59-37-18-8-7-16-35(33)37)63-46(69)39(20-12-25-58-51(55)56)62-47(70)40(26-31-13-5-4-6-14-31)64-50(73)52(65-49(42)72)23-22-34-32(29-52)15-11-17-36(34)53/h4-8,11,13-18,30,38-42,59H,2-3,9-10,12,19-29H2,1H3,(H2,54,68)(H,57,67)(H,60,66)(H,61,71)(H,62,70)(H,63,69)(H,64,73)(H,65,72)(H4,55,56,58)/t38-,39-,40+,41-,42-,52?/m0/s1. The molecule has 390 valence electrons. The predicted octanol–water partition coefficient (Wildman–Crippen LogP) is 1.49. The Kier molecular flexibility index (Phi) is 19.7. The number of nitrogens with two attached hydrogens (primary N) is 3. The summed E-state index contributed by atoms with van der Waals surface area (Å²) in [5.41, 5.74) is 18.8. The number of carbonyl (C=O) groups excluding carboxylic acids is 8. The van der Waals surface area contributed by atoms with Crippen LogP contribution in [0.25, 0.3) is 10.9 Å². The van der Waals surface area contributed by atoms with Crippen molar-refractivity contribution in [3.05, 3.63) is 106 Å². The molecular formula is C52H67ClN12O8. The summed E-state index contributed by atoms with van der Waals surface area (Å²) in [6.45, 7) is 2.10. The Hall–Kier alpha value is -7.48. The second kappa shape index (κ2) is 26.3. The van der Waals surface area contributed by atoms with Gasteiger partial charge in [-0.05, 0) is 85.8 Å². The molecular weight excluding hydrogens is 956 g/mol. The quantitative estimate of drug-likeness (QED) is 0.0521. The van der Waals surface area contributed by atoms with Crippen LogP contribution in [0.5, 0.6) is 0 Å². The number of amides is 8. The van der Waals surface area contributed by atoms with Crippen LogP contribution in [0.15, 0.2) is 84.0 Å². The van der Waals surface area contributed by atoms with Crippen LogP contribution in [0.3, 0.4) is 0 Å². The van der Waals surface area contributed by atoms with Gasteiger partial charge in [0.05, 0.1) is 6.42 Å². The summed E-state index contributed by atoms with van der Waals surface area (Å²) in [6.07, 6.45) is 3.53. The van der Waals surface area contributed by atoms with E-state index in [2.05, 4.69) is 47.2 Å². The molecule has 1 saturated heterocycles. The van der Waals surface area contributed by atoms with Gasteiger partial charge in [0, 0.05) is 60.9 Å². The lowest BCUT2D eigenvalue weighted by Crippen LogP contribution is -2.67. The van der Waals surface area contributed by atoms with Crippen molar-refractivity contribution < 1.29 is 38.4 Å². The van der Waals surface area contributed by atoms with Gasteiger partial charge in [-0.3, -0.25) is 43.3 Å². The fourth-order valence-corrected chi connectivity index (χ4v) is 9.50. The highest BCUT2D eigenvalue weighted by Gasteiger charge is 2.46. The monoisotopic (exact) mass is 1020 g/mol. The van der Waals surface area contributed by atoms with Crippen molar-refractivity contribution in [2.24, 2.45) is 22.2 Å². The third kappa shape index (κ3) is 15.5. The maximum atomic E-state index is 15.2. The Labute approximate surface area is 428 Å². The highest BCUT2D eigenvalue weighted by Crippen LogP contribution is 2.34. The minimum absolute atomic E-state index is 0.0195. The van der Waals surface area contributed by atoms with Crippen molar-refractivity contribution in [3.8, 4) is 0 Å². The van der Waals surface area contributed by atoms with E-state index < -0.39 is 89.4 Å². The number of H-pyrrole nitrogens is 1. The maximum Gasteiger partial charge on any atom is 0.246 e. The molecule has 8 amide bonds. The van der Waals surface area contributed by atoms with Gasteiger partial charge in [0.2, 0.25) is 47.3 Å². The lowest BCUT2D eigenvalue weighted by molar-refractivity contribution is -0.139. The molecule has 20 nitrogen and oxygen atoms in total. The minimum atomic E-state index is -1.74. The molecule has 1 spiro atoms. The molecule has 2 heterocycles. The molecule has 6 atom stereocenters. The van der Waals surface area contributed by atoms with Gasteiger partial charge >= 0.3 is 0 Å². The number of primary amides is 1. The number of halogens is 1. The Morgan fingerprint density at radius 2 is 1.51 bits per heavy atom. The fraction of sp³-hybridized carbons (Fsp3) is 0.442. The number of nitrogens with one attached hydrogen (secondary N) is 8. The average molecular weight is 1020 g/mol. The lowest BCUT2D eigenvalue weighted by Gasteiger charge is -2.39. The molecule has 1 unspecified atom stereocenters. The molecule has 1 aliphatic heterocycles. The van der Waals surface area contributed by atoms with Crippen LogP contribution in [0.2, 0.25) is 5.02 Å². The molecule has 2 aliphatic rings. The molecule has 4 aromatic rings. The second-order valence-electron chi connectivity index (χ2n) is 18.7. The zero-order valence-electron chi connectivity index (χ0n) is 41.0. The predicted molar refractivity (Wildman–Crippen MR) is 276 cm³/mol. The Balaban J connectivity index is 1.41. The Morgan fingerprint density at radius 1 is 0.795 bits per heavy atom. The van der Waals surface area contributed by atoms with Crippen molar-refractivity contribution in [2.75, 3.05) is 13.1 Å². The molecule has 6 rings (SSSR count). The number of para-hydroxylation sites is 1. The fourth-order valence-electron chi connectivity index (χ4n) is 9.21. The van der Waals surface area contributed by atoms with Crippen LogP contribution in [-0.2, 0) is 64.0 Å².